The van der Waals surface area contributed by atoms with E-state index >= 15 is 0 Å². The number of nitrogens with two attached hydrogens (primary N) is 1. The third kappa shape index (κ3) is 2.55. The van der Waals surface area contributed by atoms with Gasteiger partial charge in [0.25, 0.3) is 10.2 Å². The third-order valence-corrected chi connectivity index (χ3v) is 2.79. The van der Waals surface area contributed by atoms with Crippen molar-refractivity contribution in [1.82, 2.24) is 4.31 Å². The number of aryl methyl sites for hydroxylation is 1. The maximum Gasteiger partial charge on any atom is 0.276 e. The molecule has 2 N–H and O–H groups in total. The van der Waals surface area contributed by atoms with Gasteiger partial charge in [-0.15, -0.1) is 0 Å². The van der Waals surface area contributed by atoms with Crippen LogP contribution in [0.5, 0.6) is 0 Å². The molecular formula is C7H12N2O3S. The summed E-state index contributed by atoms with van der Waals surface area (Å²) in [6, 6.07) is 1.72. The predicted molar refractivity (Wildman–Crippen MR) is 48.0 cm³/mol. The van der Waals surface area contributed by atoms with Gasteiger partial charge < -0.3 is 4.42 Å². The van der Waals surface area contributed by atoms with Crippen molar-refractivity contribution in [3.05, 3.63) is 23.7 Å². The largest absolute Gasteiger partial charge is 0.469 e. The van der Waals surface area contributed by atoms with E-state index in [2.05, 4.69) is 0 Å². The normalized spacial score (nSPS) is 12.3. The smallest absolute Gasteiger partial charge is 0.276 e. The molecule has 6 heteroatoms. The fourth-order valence-corrected chi connectivity index (χ4v) is 1.22. The van der Waals surface area contributed by atoms with Crippen LogP contribution in [0.1, 0.15) is 11.3 Å². The van der Waals surface area contributed by atoms with Crippen LogP contribution in [0.3, 0.4) is 0 Å². The second kappa shape index (κ2) is 3.49. The molecule has 74 valence electrons. The zero-order chi connectivity index (χ0) is 10.1. The molecule has 0 aliphatic heterocycles. The summed E-state index contributed by atoms with van der Waals surface area (Å²) in [5.74, 6) is 0.704. The zero-order valence-electron chi connectivity index (χ0n) is 7.52. The number of rotatable bonds is 3. The van der Waals surface area contributed by atoms with Gasteiger partial charge in [0.15, 0.2) is 0 Å². The fraction of sp³-hybridized carbons (Fsp3) is 0.429. The minimum absolute atomic E-state index is 0.237. The lowest BCUT2D eigenvalue weighted by molar-refractivity contribution is 0.460. The van der Waals surface area contributed by atoms with Crippen LogP contribution < -0.4 is 5.14 Å². The third-order valence-electron chi connectivity index (χ3n) is 1.79. The van der Waals surface area contributed by atoms with E-state index in [1.54, 1.807) is 13.0 Å². The molecule has 1 aromatic heterocycles. The first-order chi connectivity index (χ1) is 5.91. The van der Waals surface area contributed by atoms with Gasteiger partial charge in [0.2, 0.25) is 0 Å². The van der Waals surface area contributed by atoms with Crippen molar-refractivity contribution in [2.24, 2.45) is 5.14 Å². The molecule has 0 aliphatic rings. The molecule has 0 spiro atoms. The standard InChI is InChI=1S/C7H12N2O3S/c1-6-7(3-4-12-6)5-9(2)13(8,10)11/h3-4H,5H2,1-2H3,(H2,8,10,11). The molecule has 0 radical (unpaired) electrons. The minimum atomic E-state index is -3.60. The molecule has 0 saturated carbocycles. The molecule has 0 fully saturated rings. The molecule has 0 saturated heterocycles. The second-order valence-corrected chi connectivity index (χ2v) is 4.46. The maximum absolute atomic E-state index is 10.8. The van der Waals surface area contributed by atoms with E-state index < -0.39 is 10.2 Å². The maximum atomic E-state index is 10.8. The van der Waals surface area contributed by atoms with Gasteiger partial charge in [-0.05, 0) is 13.0 Å². The van der Waals surface area contributed by atoms with Gasteiger partial charge in [-0.1, -0.05) is 0 Å². The van der Waals surface area contributed by atoms with Crippen LogP contribution in [0.4, 0.5) is 0 Å². The van der Waals surface area contributed by atoms with Crippen molar-refractivity contribution in [3.8, 4) is 0 Å². The molecule has 0 atom stereocenters. The summed E-state index contributed by atoms with van der Waals surface area (Å²) < 4.78 is 27.8. The van der Waals surface area contributed by atoms with E-state index in [1.807, 2.05) is 0 Å². The van der Waals surface area contributed by atoms with Crippen LogP contribution >= 0.6 is 0 Å². The fourth-order valence-electron chi connectivity index (χ4n) is 0.905. The van der Waals surface area contributed by atoms with Crippen molar-refractivity contribution in [2.75, 3.05) is 7.05 Å². The highest BCUT2D eigenvalue weighted by atomic mass is 32.2. The first-order valence-electron chi connectivity index (χ1n) is 3.68. The summed E-state index contributed by atoms with van der Waals surface area (Å²) in [6.45, 7) is 2.01. The van der Waals surface area contributed by atoms with Crippen molar-refractivity contribution >= 4 is 10.2 Å². The van der Waals surface area contributed by atoms with Gasteiger partial charge in [-0.25, -0.2) is 5.14 Å². The van der Waals surface area contributed by atoms with Gasteiger partial charge in [0.1, 0.15) is 5.76 Å². The lowest BCUT2D eigenvalue weighted by Gasteiger charge is -2.12. The molecule has 1 aromatic rings. The van der Waals surface area contributed by atoms with Crippen molar-refractivity contribution in [3.63, 3.8) is 0 Å². The summed E-state index contributed by atoms with van der Waals surface area (Å²) in [4.78, 5) is 0. The summed E-state index contributed by atoms with van der Waals surface area (Å²) >= 11 is 0. The first kappa shape index (κ1) is 10.2. The monoisotopic (exact) mass is 204 g/mol. The summed E-state index contributed by atoms with van der Waals surface area (Å²) in [7, 11) is -2.19. The lowest BCUT2D eigenvalue weighted by atomic mass is 10.3. The van der Waals surface area contributed by atoms with Gasteiger partial charge >= 0.3 is 0 Å². The van der Waals surface area contributed by atoms with Crippen molar-refractivity contribution in [2.45, 2.75) is 13.5 Å². The van der Waals surface area contributed by atoms with Crippen LogP contribution in [0.25, 0.3) is 0 Å². The van der Waals surface area contributed by atoms with E-state index in [0.29, 0.717) is 5.76 Å². The van der Waals surface area contributed by atoms with Gasteiger partial charge in [-0.3, -0.25) is 0 Å². The Balaban J connectivity index is 2.77. The summed E-state index contributed by atoms with van der Waals surface area (Å²) in [5.41, 5.74) is 0.816. The Kier molecular flexibility index (Phi) is 2.74. The highest BCUT2D eigenvalue weighted by Gasteiger charge is 2.13. The molecule has 0 aromatic carbocycles. The molecule has 1 rings (SSSR count). The Morgan fingerprint density at radius 3 is 2.62 bits per heavy atom. The van der Waals surface area contributed by atoms with E-state index in [1.165, 1.54) is 13.3 Å². The van der Waals surface area contributed by atoms with Gasteiger partial charge in [0, 0.05) is 19.2 Å². The highest BCUT2D eigenvalue weighted by molar-refractivity contribution is 7.86. The van der Waals surface area contributed by atoms with Crippen LogP contribution in [-0.4, -0.2) is 19.8 Å². The SMILES string of the molecule is Cc1occc1CN(C)S(N)(=O)=O. The van der Waals surface area contributed by atoms with E-state index in [0.717, 1.165) is 9.87 Å². The van der Waals surface area contributed by atoms with Crippen LogP contribution in [0, 0.1) is 6.92 Å². The van der Waals surface area contributed by atoms with E-state index in [-0.39, 0.29) is 6.54 Å². The second-order valence-electron chi connectivity index (χ2n) is 2.80. The van der Waals surface area contributed by atoms with E-state index in [4.69, 9.17) is 9.56 Å². The Bertz CT molecular complexity index is 382. The molecule has 0 amide bonds. The van der Waals surface area contributed by atoms with Crippen LogP contribution in [0.2, 0.25) is 0 Å². The van der Waals surface area contributed by atoms with Crippen molar-refractivity contribution < 1.29 is 12.8 Å². The molecule has 13 heavy (non-hydrogen) atoms. The lowest BCUT2D eigenvalue weighted by Crippen LogP contribution is -2.32. The average Bonchev–Trinajstić information content (AvgIpc) is 2.34. The quantitative estimate of drug-likeness (QED) is 0.765. The number of furan rings is 1. The molecular weight excluding hydrogens is 192 g/mol. The highest BCUT2D eigenvalue weighted by Crippen LogP contribution is 2.11. The number of hydrogen-bond donors (Lipinski definition) is 1. The van der Waals surface area contributed by atoms with Crippen LogP contribution in [0.15, 0.2) is 16.7 Å². The molecule has 0 aliphatic carbocycles. The molecule has 5 nitrogen and oxygen atoms in total. The Hall–Kier alpha value is -0.850. The molecule has 1 heterocycles. The zero-order valence-corrected chi connectivity index (χ0v) is 8.34. The van der Waals surface area contributed by atoms with Crippen molar-refractivity contribution in [1.29, 1.82) is 0 Å². The van der Waals surface area contributed by atoms with Crippen LogP contribution in [-0.2, 0) is 16.8 Å². The predicted octanol–water partition coefficient (Wildman–Crippen LogP) is 0.223. The van der Waals surface area contributed by atoms with Gasteiger partial charge in [-0.2, -0.15) is 12.7 Å². The Morgan fingerprint density at radius 2 is 2.23 bits per heavy atom. The topological polar surface area (TPSA) is 76.5 Å². The molecule has 0 unspecified atom stereocenters. The van der Waals surface area contributed by atoms with E-state index in [9.17, 15) is 8.42 Å². The molecule has 0 bridgehead atoms. The number of hydrogen-bond acceptors (Lipinski definition) is 3. The Labute approximate surface area is 77.3 Å². The Morgan fingerprint density at radius 1 is 1.62 bits per heavy atom. The van der Waals surface area contributed by atoms with Gasteiger partial charge in [0.05, 0.1) is 6.26 Å². The minimum Gasteiger partial charge on any atom is -0.469 e. The number of nitrogens with zero attached hydrogens (tertiary/aromatic N) is 1. The average molecular weight is 204 g/mol. The first-order valence-corrected chi connectivity index (χ1v) is 5.18. The summed E-state index contributed by atoms with van der Waals surface area (Å²) in [5, 5.41) is 4.91. The summed E-state index contributed by atoms with van der Waals surface area (Å²) in [6.07, 6.45) is 1.52.